The summed E-state index contributed by atoms with van der Waals surface area (Å²) in [6.45, 7) is 6.82. The Hall–Kier alpha value is -0.500. The summed E-state index contributed by atoms with van der Waals surface area (Å²) in [6, 6.07) is 5.54. The van der Waals surface area contributed by atoms with Crippen molar-refractivity contribution in [2.45, 2.75) is 19.4 Å². The smallest absolute Gasteiger partial charge is 0.0533 e. The Morgan fingerprint density at radius 2 is 2.00 bits per heavy atom. The minimum absolute atomic E-state index is 0.0196. The highest BCUT2D eigenvalue weighted by atomic mass is 35.5. The van der Waals surface area contributed by atoms with E-state index < -0.39 is 0 Å². The SMILES string of the molecule is C=CC(NCCC)c1c(Cl)cccc1Cl. The van der Waals surface area contributed by atoms with Gasteiger partial charge in [-0.1, -0.05) is 42.3 Å². The van der Waals surface area contributed by atoms with Crippen LogP contribution in [0.3, 0.4) is 0 Å². The van der Waals surface area contributed by atoms with E-state index in [0.717, 1.165) is 18.5 Å². The van der Waals surface area contributed by atoms with Crippen molar-refractivity contribution in [1.82, 2.24) is 5.32 Å². The zero-order valence-corrected chi connectivity index (χ0v) is 10.3. The van der Waals surface area contributed by atoms with Gasteiger partial charge in [0.15, 0.2) is 0 Å². The molecule has 0 amide bonds. The van der Waals surface area contributed by atoms with Crippen LogP contribution >= 0.6 is 23.2 Å². The lowest BCUT2D eigenvalue weighted by atomic mass is 10.1. The Kier molecular flexibility index (Phi) is 5.16. The van der Waals surface area contributed by atoms with Crippen LogP contribution in [-0.2, 0) is 0 Å². The highest BCUT2D eigenvalue weighted by Gasteiger charge is 2.13. The van der Waals surface area contributed by atoms with Crippen LogP contribution in [0, 0.1) is 0 Å². The molecule has 0 saturated heterocycles. The van der Waals surface area contributed by atoms with Crippen LogP contribution in [0.25, 0.3) is 0 Å². The third-order valence-corrected chi connectivity index (χ3v) is 2.82. The molecule has 1 atom stereocenters. The molecule has 1 aromatic rings. The quantitative estimate of drug-likeness (QED) is 0.764. The van der Waals surface area contributed by atoms with Gasteiger partial charge in [0.05, 0.1) is 6.04 Å². The number of hydrogen-bond donors (Lipinski definition) is 1. The normalized spacial score (nSPS) is 12.5. The fourth-order valence-electron chi connectivity index (χ4n) is 1.41. The van der Waals surface area contributed by atoms with E-state index in [4.69, 9.17) is 23.2 Å². The van der Waals surface area contributed by atoms with E-state index in [1.165, 1.54) is 0 Å². The minimum Gasteiger partial charge on any atom is -0.307 e. The molecule has 0 saturated carbocycles. The first kappa shape index (κ1) is 12.6. The first-order valence-electron chi connectivity index (χ1n) is 5.00. The Labute approximate surface area is 101 Å². The first-order chi connectivity index (χ1) is 7.20. The largest absolute Gasteiger partial charge is 0.307 e. The van der Waals surface area contributed by atoms with Gasteiger partial charge >= 0.3 is 0 Å². The van der Waals surface area contributed by atoms with Gasteiger partial charge in [0.25, 0.3) is 0 Å². The van der Waals surface area contributed by atoms with Crippen molar-refractivity contribution in [3.63, 3.8) is 0 Å². The Morgan fingerprint density at radius 1 is 1.40 bits per heavy atom. The van der Waals surface area contributed by atoms with Gasteiger partial charge in [-0.15, -0.1) is 6.58 Å². The molecule has 1 rings (SSSR count). The lowest BCUT2D eigenvalue weighted by Gasteiger charge is -2.17. The van der Waals surface area contributed by atoms with Gasteiger partial charge in [0.1, 0.15) is 0 Å². The number of rotatable bonds is 5. The van der Waals surface area contributed by atoms with Gasteiger partial charge in [-0.2, -0.15) is 0 Å². The van der Waals surface area contributed by atoms with E-state index in [1.807, 2.05) is 24.3 Å². The summed E-state index contributed by atoms with van der Waals surface area (Å²) in [5.41, 5.74) is 0.907. The van der Waals surface area contributed by atoms with Gasteiger partial charge < -0.3 is 5.32 Å². The molecule has 1 N–H and O–H groups in total. The van der Waals surface area contributed by atoms with Crippen LogP contribution < -0.4 is 5.32 Å². The topological polar surface area (TPSA) is 12.0 Å². The van der Waals surface area contributed by atoms with E-state index in [2.05, 4.69) is 18.8 Å². The summed E-state index contributed by atoms with van der Waals surface area (Å²) < 4.78 is 0. The van der Waals surface area contributed by atoms with Gasteiger partial charge in [-0.3, -0.25) is 0 Å². The van der Waals surface area contributed by atoms with Crippen LogP contribution in [0.4, 0.5) is 0 Å². The third-order valence-electron chi connectivity index (χ3n) is 2.16. The standard InChI is InChI=1S/C12H15Cl2N/c1-3-8-15-11(4-2)12-9(13)6-5-7-10(12)14/h4-7,11,15H,2-3,8H2,1H3. The van der Waals surface area contributed by atoms with Crippen molar-refractivity contribution < 1.29 is 0 Å². The Morgan fingerprint density at radius 3 is 2.47 bits per heavy atom. The fourth-order valence-corrected chi connectivity index (χ4v) is 2.04. The third kappa shape index (κ3) is 3.23. The molecule has 0 aliphatic carbocycles. The summed E-state index contributed by atoms with van der Waals surface area (Å²) in [5, 5.41) is 4.68. The second-order valence-electron chi connectivity index (χ2n) is 3.30. The maximum Gasteiger partial charge on any atom is 0.0533 e. The molecule has 0 fully saturated rings. The van der Waals surface area contributed by atoms with Crippen LogP contribution in [0.2, 0.25) is 10.0 Å². The minimum atomic E-state index is 0.0196. The van der Waals surface area contributed by atoms with E-state index in [1.54, 1.807) is 0 Å². The monoisotopic (exact) mass is 243 g/mol. The molecule has 0 heterocycles. The molecule has 0 bridgehead atoms. The maximum atomic E-state index is 6.11. The molecule has 15 heavy (non-hydrogen) atoms. The zero-order chi connectivity index (χ0) is 11.3. The summed E-state index contributed by atoms with van der Waals surface area (Å²) in [4.78, 5) is 0. The van der Waals surface area contributed by atoms with E-state index in [-0.39, 0.29) is 6.04 Å². The average molecular weight is 244 g/mol. The molecule has 0 spiro atoms. The molecular weight excluding hydrogens is 229 g/mol. The molecule has 0 aliphatic heterocycles. The molecule has 0 aromatic heterocycles. The van der Waals surface area contributed by atoms with E-state index in [9.17, 15) is 0 Å². The van der Waals surface area contributed by atoms with Gasteiger partial charge in [0.2, 0.25) is 0 Å². The lowest BCUT2D eigenvalue weighted by Crippen LogP contribution is -2.20. The van der Waals surface area contributed by atoms with Gasteiger partial charge in [-0.05, 0) is 25.1 Å². The van der Waals surface area contributed by atoms with Gasteiger partial charge in [-0.25, -0.2) is 0 Å². The van der Waals surface area contributed by atoms with Crippen LogP contribution in [0.15, 0.2) is 30.9 Å². The van der Waals surface area contributed by atoms with Crippen molar-refractivity contribution in [3.8, 4) is 0 Å². The van der Waals surface area contributed by atoms with E-state index in [0.29, 0.717) is 10.0 Å². The second kappa shape index (κ2) is 6.16. The maximum absolute atomic E-state index is 6.11. The summed E-state index contributed by atoms with van der Waals surface area (Å²) >= 11 is 12.2. The summed E-state index contributed by atoms with van der Waals surface area (Å²) in [7, 11) is 0. The zero-order valence-electron chi connectivity index (χ0n) is 8.76. The number of benzene rings is 1. The highest BCUT2D eigenvalue weighted by molar-refractivity contribution is 6.36. The molecule has 3 heteroatoms. The Bertz CT molecular complexity index is 316. The molecule has 1 aromatic carbocycles. The molecule has 1 unspecified atom stereocenters. The van der Waals surface area contributed by atoms with Crippen molar-refractivity contribution >= 4 is 23.2 Å². The van der Waals surface area contributed by atoms with Crippen molar-refractivity contribution in [3.05, 3.63) is 46.5 Å². The molecule has 0 aliphatic rings. The number of halogens is 2. The van der Waals surface area contributed by atoms with Crippen molar-refractivity contribution in [2.24, 2.45) is 0 Å². The summed E-state index contributed by atoms with van der Waals surface area (Å²) in [6.07, 6.45) is 2.88. The second-order valence-corrected chi connectivity index (χ2v) is 4.12. The van der Waals surface area contributed by atoms with Crippen LogP contribution in [-0.4, -0.2) is 6.54 Å². The van der Waals surface area contributed by atoms with Crippen molar-refractivity contribution in [1.29, 1.82) is 0 Å². The molecular formula is C12H15Cl2N. The predicted octanol–water partition coefficient (Wildman–Crippen LogP) is 4.22. The van der Waals surface area contributed by atoms with Crippen molar-refractivity contribution in [2.75, 3.05) is 6.54 Å². The Balaban J connectivity index is 2.95. The predicted molar refractivity (Wildman–Crippen MR) is 67.7 cm³/mol. The van der Waals surface area contributed by atoms with Gasteiger partial charge in [0, 0.05) is 15.6 Å². The van der Waals surface area contributed by atoms with Crippen LogP contribution in [0.5, 0.6) is 0 Å². The van der Waals surface area contributed by atoms with Crippen LogP contribution in [0.1, 0.15) is 24.9 Å². The first-order valence-corrected chi connectivity index (χ1v) is 5.76. The molecule has 1 nitrogen and oxygen atoms in total. The fraction of sp³-hybridized carbons (Fsp3) is 0.333. The summed E-state index contributed by atoms with van der Waals surface area (Å²) in [5.74, 6) is 0. The molecule has 0 radical (unpaired) electrons. The molecule has 82 valence electrons. The highest BCUT2D eigenvalue weighted by Crippen LogP contribution is 2.30. The average Bonchev–Trinajstić information content (AvgIpc) is 2.22. The number of hydrogen-bond acceptors (Lipinski definition) is 1. The number of nitrogens with one attached hydrogen (secondary N) is 1. The lowest BCUT2D eigenvalue weighted by molar-refractivity contribution is 0.614. The van der Waals surface area contributed by atoms with E-state index >= 15 is 0 Å².